The Hall–Kier alpha value is -3.35. The van der Waals surface area contributed by atoms with Gasteiger partial charge < -0.3 is 20.1 Å². The highest BCUT2D eigenvalue weighted by atomic mass is 16.5. The molecule has 7 heteroatoms. The Morgan fingerprint density at radius 1 is 1.09 bits per heavy atom. The van der Waals surface area contributed by atoms with Crippen LogP contribution in [0.2, 0.25) is 0 Å². The van der Waals surface area contributed by atoms with Crippen molar-refractivity contribution in [2.75, 3.05) is 19.7 Å². The number of benzene rings is 2. The Kier molecular flexibility index (Phi) is 6.96. The van der Waals surface area contributed by atoms with Crippen LogP contribution in [0.25, 0.3) is 11.1 Å². The average Bonchev–Trinajstić information content (AvgIpc) is 3.15. The fourth-order valence-corrected chi connectivity index (χ4v) is 4.98. The Bertz CT molecular complexity index is 991. The molecule has 2 aromatic carbocycles. The van der Waals surface area contributed by atoms with Crippen molar-refractivity contribution < 1.29 is 24.2 Å². The number of amides is 2. The summed E-state index contributed by atoms with van der Waals surface area (Å²) in [5, 5.41) is 11.8. The number of nitrogens with one attached hydrogen (secondary N) is 1. The van der Waals surface area contributed by atoms with Crippen LogP contribution in [0.15, 0.2) is 48.5 Å². The summed E-state index contributed by atoms with van der Waals surface area (Å²) in [5.74, 6) is -1.20. The SMILES string of the molecule is CCC1CCCN(C(=O)C(CC(=O)O)NC(=O)OCC2c3ccccc3-c3ccccc32)C1. The summed E-state index contributed by atoms with van der Waals surface area (Å²) in [4.78, 5) is 38.7. The van der Waals surface area contributed by atoms with Gasteiger partial charge in [-0.05, 0) is 41.0 Å². The van der Waals surface area contributed by atoms with Crippen molar-refractivity contribution in [2.45, 2.75) is 44.6 Å². The van der Waals surface area contributed by atoms with Crippen LogP contribution in [0.3, 0.4) is 0 Å². The molecule has 1 fully saturated rings. The molecule has 2 N–H and O–H groups in total. The molecule has 7 nitrogen and oxygen atoms in total. The number of alkyl carbamates (subject to hydrolysis) is 1. The highest BCUT2D eigenvalue weighted by Gasteiger charge is 2.33. The summed E-state index contributed by atoms with van der Waals surface area (Å²) in [7, 11) is 0. The van der Waals surface area contributed by atoms with Crippen LogP contribution in [-0.4, -0.2) is 53.7 Å². The molecule has 2 aliphatic rings. The Balaban J connectivity index is 1.42. The molecule has 2 amide bonds. The van der Waals surface area contributed by atoms with E-state index in [-0.39, 0.29) is 18.4 Å². The maximum Gasteiger partial charge on any atom is 0.407 e. The first-order valence-corrected chi connectivity index (χ1v) is 11.6. The van der Waals surface area contributed by atoms with Gasteiger partial charge in [0.05, 0.1) is 6.42 Å². The number of hydrogen-bond acceptors (Lipinski definition) is 4. The van der Waals surface area contributed by atoms with Crippen molar-refractivity contribution in [3.05, 3.63) is 59.7 Å². The van der Waals surface area contributed by atoms with E-state index in [0.717, 1.165) is 41.5 Å². The van der Waals surface area contributed by atoms with Gasteiger partial charge >= 0.3 is 12.1 Å². The lowest BCUT2D eigenvalue weighted by molar-refractivity contribution is -0.143. The smallest absolute Gasteiger partial charge is 0.407 e. The predicted octanol–water partition coefficient (Wildman–Crippen LogP) is 4.02. The number of aliphatic carboxylic acids is 1. The molecule has 2 aromatic rings. The van der Waals surface area contributed by atoms with Gasteiger partial charge in [0.1, 0.15) is 12.6 Å². The Labute approximate surface area is 193 Å². The number of carbonyl (C=O) groups excluding carboxylic acids is 2. The second kappa shape index (κ2) is 10.1. The zero-order valence-corrected chi connectivity index (χ0v) is 18.8. The van der Waals surface area contributed by atoms with Gasteiger partial charge in [-0.25, -0.2) is 4.79 Å². The summed E-state index contributed by atoms with van der Waals surface area (Å²) in [6, 6.07) is 14.9. The first kappa shape index (κ1) is 22.8. The lowest BCUT2D eigenvalue weighted by Crippen LogP contribution is -2.52. The van der Waals surface area contributed by atoms with E-state index in [1.54, 1.807) is 4.90 Å². The molecule has 33 heavy (non-hydrogen) atoms. The minimum atomic E-state index is -1.14. The molecule has 2 unspecified atom stereocenters. The first-order chi connectivity index (χ1) is 16.0. The largest absolute Gasteiger partial charge is 0.481 e. The molecule has 0 saturated carbocycles. The van der Waals surface area contributed by atoms with Crippen LogP contribution >= 0.6 is 0 Å². The van der Waals surface area contributed by atoms with Crippen LogP contribution in [-0.2, 0) is 14.3 Å². The van der Waals surface area contributed by atoms with Crippen molar-refractivity contribution in [1.29, 1.82) is 0 Å². The number of carbonyl (C=O) groups is 3. The summed E-state index contributed by atoms with van der Waals surface area (Å²) in [6.07, 6.45) is 1.66. The van der Waals surface area contributed by atoms with E-state index in [2.05, 4.69) is 24.4 Å². The number of ether oxygens (including phenoxy) is 1. The second-order valence-electron chi connectivity index (χ2n) is 8.82. The standard InChI is InChI=1S/C26H30N2O5/c1-2-17-8-7-13-28(15-17)25(31)23(14-24(29)30)27-26(32)33-16-22-20-11-5-3-9-18(20)19-10-4-6-12-21(19)22/h3-6,9-12,17,22-23H,2,7-8,13-16H2,1H3,(H,27,32)(H,29,30). The maximum absolute atomic E-state index is 13.0. The minimum Gasteiger partial charge on any atom is -0.481 e. The Morgan fingerprint density at radius 3 is 2.33 bits per heavy atom. The lowest BCUT2D eigenvalue weighted by Gasteiger charge is -2.34. The number of hydrogen-bond donors (Lipinski definition) is 2. The van der Waals surface area contributed by atoms with E-state index in [4.69, 9.17) is 4.74 Å². The number of likely N-dealkylation sites (tertiary alicyclic amines) is 1. The van der Waals surface area contributed by atoms with Gasteiger partial charge in [-0.3, -0.25) is 9.59 Å². The van der Waals surface area contributed by atoms with Crippen LogP contribution in [0.4, 0.5) is 4.79 Å². The summed E-state index contributed by atoms with van der Waals surface area (Å²) in [5.41, 5.74) is 4.42. The average molecular weight is 451 g/mol. The fourth-order valence-electron chi connectivity index (χ4n) is 4.98. The topological polar surface area (TPSA) is 95.9 Å². The van der Waals surface area contributed by atoms with Gasteiger partial charge in [0, 0.05) is 19.0 Å². The Morgan fingerprint density at radius 2 is 1.73 bits per heavy atom. The second-order valence-corrected chi connectivity index (χ2v) is 8.82. The molecule has 1 saturated heterocycles. The van der Waals surface area contributed by atoms with E-state index < -0.39 is 24.5 Å². The predicted molar refractivity (Wildman–Crippen MR) is 124 cm³/mol. The third kappa shape index (κ3) is 5.02. The van der Waals surface area contributed by atoms with E-state index in [0.29, 0.717) is 19.0 Å². The monoisotopic (exact) mass is 450 g/mol. The van der Waals surface area contributed by atoms with Crippen molar-refractivity contribution >= 4 is 18.0 Å². The molecular weight excluding hydrogens is 420 g/mol. The highest BCUT2D eigenvalue weighted by molar-refractivity contribution is 5.89. The zero-order chi connectivity index (χ0) is 23.4. The number of carboxylic acid groups (broad SMARTS) is 1. The minimum absolute atomic E-state index is 0.107. The van der Waals surface area contributed by atoms with Crippen LogP contribution in [0.1, 0.15) is 49.7 Å². The van der Waals surface area contributed by atoms with Gasteiger partial charge in [-0.15, -0.1) is 0 Å². The molecule has 0 radical (unpaired) electrons. The fraction of sp³-hybridized carbons (Fsp3) is 0.423. The number of carboxylic acids is 1. The normalized spacial score (nSPS) is 18.2. The van der Waals surface area contributed by atoms with E-state index >= 15 is 0 Å². The van der Waals surface area contributed by atoms with Gasteiger partial charge in [-0.2, -0.15) is 0 Å². The zero-order valence-electron chi connectivity index (χ0n) is 18.8. The number of nitrogens with zero attached hydrogens (tertiary/aromatic N) is 1. The third-order valence-electron chi connectivity index (χ3n) is 6.72. The lowest BCUT2D eigenvalue weighted by atomic mass is 9.95. The molecule has 0 bridgehead atoms. The van der Waals surface area contributed by atoms with Gasteiger partial charge in [0.25, 0.3) is 0 Å². The maximum atomic E-state index is 13.0. The highest BCUT2D eigenvalue weighted by Crippen LogP contribution is 2.44. The van der Waals surface area contributed by atoms with Crippen LogP contribution in [0, 0.1) is 5.92 Å². The summed E-state index contributed by atoms with van der Waals surface area (Å²) >= 11 is 0. The van der Waals surface area contributed by atoms with Crippen molar-refractivity contribution in [3.63, 3.8) is 0 Å². The number of rotatable bonds is 7. The van der Waals surface area contributed by atoms with Crippen LogP contribution < -0.4 is 5.32 Å². The molecule has 4 rings (SSSR count). The van der Waals surface area contributed by atoms with Gasteiger partial charge in [-0.1, -0.05) is 61.9 Å². The molecule has 1 heterocycles. The van der Waals surface area contributed by atoms with E-state index in [1.807, 2.05) is 36.4 Å². The molecule has 2 atom stereocenters. The van der Waals surface area contributed by atoms with Gasteiger partial charge in [0.2, 0.25) is 5.91 Å². The van der Waals surface area contributed by atoms with Gasteiger partial charge in [0.15, 0.2) is 0 Å². The summed E-state index contributed by atoms with van der Waals surface area (Å²) < 4.78 is 5.52. The van der Waals surface area contributed by atoms with Crippen molar-refractivity contribution in [2.24, 2.45) is 5.92 Å². The van der Waals surface area contributed by atoms with Crippen molar-refractivity contribution in [3.8, 4) is 11.1 Å². The van der Waals surface area contributed by atoms with Crippen LogP contribution in [0.5, 0.6) is 0 Å². The molecule has 0 aromatic heterocycles. The number of fused-ring (bicyclic) bond motifs is 3. The van der Waals surface area contributed by atoms with E-state index in [9.17, 15) is 19.5 Å². The molecule has 174 valence electrons. The first-order valence-electron chi connectivity index (χ1n) is 11.6. The van der Waals surface area contributed by atoms with E-state index in [1.165, 1.54) is 0 Å². The number of piperidine rings is 1. The molecule has 1 aliphatic heterocycles. The quantitative estimate of drug-likeness (QED) is 0.664. The summed E-state index contributed by atoms with van der Waals surface area (Å²) in [6.45, 7) is 3.37. The molecule has 1 aliphatic carbocycles. The molecule has 0 spiro atoms. The van der Waals surface area contributed by atoms with Crippen molar-refractivity contribution in [1.82, 2.24) is 10.2 Å². The molecular formula is C26H30N2O5. The third-order valence-corrected chi connectivity index (χ3v) is 6.72.